The van der Waals surface area contributed by atoms with Gasteiger partial charge >= 0.3 is 0 Å². The van der Waals surface area contributed by atoms with Crippen molar-refractivity contribution in [3.63, 3.8) is 0 Å². The summed E-state index contributed by atoms with van der Waals surface area (Å²) >= 11 is 3.57. The van der Waals surface area contributed by atoms with Crippen molar-refractivity contribution in [2.24, 2.45) is 18.9 Å². The number of hydrogen-bond acceptors (Lipinski definition) is 2. The maximum Gasteiger partial charge on any atom is 0.0739 e. The fraction of sp³-hybridized carbons (Fsp3) is 0.750. The van der Waals surface area contributed by atoms with Crippen LogP contribution in [-0.2, 0) is 13.6 Å². The van der Waals surface area contributed by atoms with Crippen LogP contribution in [0, 0.1) is 18.8 Å². The third-order valence-electron chi connectivity index (χ3n) is 3.16. The van der Waals surface area contributed by atoms with Crippen LogP contribution in [-0.4, -0.2) is 16.3 Å². The number of hydrogen-bond donors (Lipinski definition) is 1. The summed E-state index contributed by atoms with van der Waals surface area (Å²) in [6.07, 6.45) is 0. The van der Waals surface area contributed by atoms with Crippen molar-refractivity contribution in [2.45, 2.75) is 34.2 Å². The Labute approximate surface area is 107 Å². The Morgan fingerprint density at radius 1 is 1.38 bits per heavy atom. The summed E-state index contributed by atoms with van der Waals surface area (Å²) in [6, 6.07) is 0. The highest BCUT2D eigenvalue weighted by Gasteiger charge is 2.11. The van der Waals surface area contributed by atoms with Gasteiger partial charge in [-0.25, -0.2) is 0 Å². The summed E-state index contributed by atoms with van der Waals surface area (Å²) < 4.78 is 3.06. The number of nitrogens with zero attached hydrogens (tertiary/aromatic N) is 2. The van der Waals surface area contributed by atoms with Gasteiger partial charge in [0.15, 0.2) is 0 Å². The maximum absolute atomic E-state index is 4.37. The molecule has 16 heavy (non-hydrogen) atoms. The Morgan fingerprint density at radius 3 is 2.44 bits per heavy atom. The normalized spacial score (nSPS) is 13.4. The number of halogens is 1. The summed E-state index contributed by atoms with van der Waals surface area (Å²) in [5, 5.41) is 7.86. The third-order valence-corrected chi connectivity index (χ3v) is 4.19. The molecule has 0 saturated carbocycles. The van der Waals surface area contributed by atoms with E-state index in [9.17, 15) is 0 Å². The van der Waals surface area contributed by atoms with Gasteiger partial charge in [-0.05, 0) is 41.2 Å². The molecule has 0 amide bonds. The third kappa shape index (κ3) is 3.32. The van der Waals surface area contributed by atoms with Crippen LogP contribution in [0.4, 0.5) is 0 Å². The Balaban J connectivity index is 2.49. The Kier molecular flexibility index (Phi) is 4.99. The monoisotopic (exact) mass is 287 g/mol. The van der Waals surface area contributed by atoms with E-state index in [1.54, 1.807) is 0 Å². The molecule has 1 unspecified atom stereocenters. The standard InChI is InChI=1S/C12H22BrN3/c1-8(2)9(3)6-14-7-11-12(13)10(4)15-16(11)5/h8-9,14H,6-7H2,1-5H3. The minimum Gasteiger partial charge on any atom is -0.311 e. The van der Waals surface area contributed by atoms with Crippen molar-refractivity contribution in [1.82, 2.24) is 15.1 Å². The Bertz CT molecular complexity index is 344. The van der Waals surface area contributed by atoms with Gasteiger partial charge in [0.2, 0.25) is 0 Å². The molecule has 0 radical (unpaired) electrons. The second-order valence-corrected chi connectivity index (χ2v) is 5.61. The smallest absolute Gasteiger partial charge is 0.0739 e. The predicted octanol–water partition coefficient (Wildman–Crippen LogP) is 2.87. The molecule has 0 saturated heterocycles. The molecule has 1 rings (SSSR count). The fourth-order valence-electron chi connectivity index (χ4n) is 1.53. The quantitative estimate of drug-likeness (QED) is 0.903. The van der Waals surface area contributed by atoms with Gasteiger partial charge in [0.05, 0.1) is 15.9 Å². The van der Waals surface area contributed by atoms with Crippen molar-refractivity contribution in [3.8, 4) is 0 Å². The van der Waals surface area contributed by atoms with E-state index in [0.29, 0.717) is 5.92 Å². The van der Waals surface area contributed by atoms with E-state index in [1.165, 1.54) is 5.69 Å². The van der Waals surface area contributed by atoms with Gasteiger partial charge < -0.3 is 5.32 Å². The lowest BCUT2D eigenvalue weighted by Gasteiger charge is -2.16. The second-order valence-electron chi connectivity index (χ2n) is 4.82. The molecule has 0 fully saturated rings. The van der Waals surface area contributed by atoms with Gasteiger partial charge in [-0.3, -0.25) is 4.68 Å². The molecule has 0 aromatic carbocycles. The van der Waals surface area contributed by atoms with E-state index in [4.69, 9.17) is 0 Å². The number of aryl methyl sites for hydroxylation is 2. The predicted molar refractivity (Wildman–Crippen MR) is 71.4 cm³/mol. The Hall–Kier alpha value is -0.350. The molecule has 0 aliphatic heterocycles. The van der Waals surface area contributed by atoms with Crippen molar-refractivity contribution in [3.05, 3.63) is 15.9 Å². The lowest BCUT2D eigenvalue weighted by atomic mass is 9.98. The van der Waals surface area contributed by atoms with Crippen LogP contribution in [0.15, 0.2) is 4.47 Å². The van der Waals surface area contributed by atoms with E-state index in [0.717, 1.165) is 29.2 Å². The van der Waals surface area contributed by atoms with Gasteiger partial charge in [-0.2, -0.15) is 5.10 Å². The average molecular weight is 288 g/mol. The molecule has 1 heterocycles. The number of nitrogens with one attached hydrogen (secondary N) is 1. The highest BCUT2D eigenvalue weighted by Crippen LogP contribution is 2.20. The van der Waals surface area contributed by atoms with Gasteiger partial charge in [0.25, 0.3) is 0 Å². The van der Waals surface area contributed by atoms with Gasteiger partial charge in [0.1, 0.15) is 0 Å². The number of rotatable bonds is 5. The van der Waals surface area contributed by atoms with Crippen molar-refractivity contribution in [2.75, 3.05) is 6.54 Å². The van der Waals surface area contributed by atoms with E-state index < -0.39 is 0 Å². The molecule has 0 aliphatic carbocycles. The largest absolute Gasteiger partial charge is 0.311 e. The molecule has 0 spiro atoms. The summed E-state index contributed by atoms with van der Waals surface area (Å²) in [5.41, 5.74) is 2.27. The second kappa shape index (κ2) is 5.82. The molecular formula is C12H22BrN3. The molecule has 1 atom stereocenters. The SMILES string of the molecule is Cc1nn(C)c(CNCC(C)C(C)C)c1Br. The minimum absolute atomic E-state index is 0.702. The minimum atomic E-state index is 0.702. The first-order chi connectivity index (χ1) is 7.43. The molecular weight excluding hydrogens is 266 g/mol. The van der Waals surface area contributed by atoms with Gasteiger partial charge in [-0.1, -0.05) is 20.8 Å². The number of aromatic nitrogens is 2. The zero-order chi connectivity index (χ0) is 12.3. The van der Waals surface area contributed by atoms with E-state index in [1.807, 2.05) is 18.7 Å². The first-order valence-corrected chi connectivity index (χ1v) is 6.61. The fourth-order valence-corrected chi connectivity index (χ4v) is 2.00. The molecule has 1 aromatic rings. The van der Waals surface area contributed by atoms with Crippen LogP contribution < -0.4 is 5.32 Å². The van der Waals surface area contributed by atoms with Crippen LogP contribution in [0.1, 0.15) is 32.2 Å². The summed E-state index contributed by atoms with van der Waals surface area (Å²) in [5.74, 6) is 1.43. The molecule has 0 aliphatic rings. The first-order valence-electron chi connectivity index (χ1n) is 5.82. The lowest BCUT2D eigenvalue weighted by molar-refractivity contribution is 0.390. The van der Waals surface area contributed by atoms with E-state index in [2.05, 4.69) is 47.1 Å². The van der Waals surface area contributed by atoms with Crippen molar-refractivity contribution >= 4 is 15.9 Å². The first kappa shape index (κ1) is 13.7. The van der Waals surface area contributed by atoms with E-state index in [-0.39, 0.29) is 0 Å². The van der Waals surface area contributed by atoms with Gasteiger partial charge in [-0.15, -0.1) is 0 Å². The molecule has 4 heteroatoms. The summed E-state index contributed by atoms with van der Waals surface area (Å²) in [6.45, 7) is 10.7. The molecule has 3 nitrogen and oxygen atoms in total. The zero-order valence-corrected chi connectivity index (χ0v) is 12.4. The molecule has 92 valence electrons. The van der Waals surface area contributed by atoms with Crippen molar-refractivity contribution < 1.29 is 0 Å². The average Bonchev–Trinajstić information content (AvgIpc) is 2.44. The van der Waals surface area contributed by atoms with Crippen LogP contribution >= 0.6 is 15.9 Å². The van der Waals surface area contributed by atoms with Crippen LogP contribution in [0.2, 0.25) is 0 Å². The topological polar surface area (TPSA) is 29.9 Å². The van der Waals surface area contributed by atoms with Gasteiger partial charge in [0, 0.05) is 13.6 Å². The highest BCUT2D eigenvalue weighted by atomic mass is 79.9. The zero-order valence-electron chi connectivity index (χ0n) is 10.8. The van der Waals surface area contributed by atoms with Crippen LogP contribution in [0.25, 0.3) is 0 Å². The molecule has 0 bridgehead atoms. The molecule has 1 aromatic heterocycles. The maximum atomic E-state index is 4.37. The summed E-state index contributed by atoms with van der Waals surface area (Å²) in [7, 11) is 1.99. The Morgan fingerprint density at radius 2 is 2.00 bits per heavy atom. The van der Waals surface area contributed by atoms with E-state index >= 15 is 0 Å². The lowest BCUT2D eigenvalue weighted by Crippen LogP contribution is -2.24. The van der Waals surface area contributed by atoms with Crippen molar-refractivity contribution in [1.29, 1.82) is 0 Å². The highest BCUT2D eigenvalue weighted by molar-refractivity contribution is 9.10. The summed E-state index contributed by atoms with van der Waals surface area (Å²) in [4.78, 5) is 0. The van der Waals surface area contributed by atoms with Crippen LogP contribution in [0.5, 0.6) is 0 Å². The molecule has 1 N–H and O–H groups in total. The van der Waals surface area contributed by atoms with Crippen LogP contribution in [0.3, 0.4) is 0 Å².